The number of aromatic nitrogens is 1. The Kier molecular flexibility index (Phi) is 6.50. The summed E-state index contributed by atoms with van der Waals surface area (Å²) >= 11 is 0. The van der Waals surface area contributed by atoms with Gasteiger partial charge in [-0.25, -0.2) is 4.39 Å². The lowest BCUT2D eigenvalue weighted by atomic mass is 9.96. The van der Waals surface area contributed by atoms with E-state index in [0.717, 1.165) is 47.2 Å². The second kappa shape index (κ2) is 9.26. The maximum atomic E-state index is 13.1. The molecule has 1 saturated heterocycles. The van der Waals surface area contributed by atoms with Crippen molar-refractivity contribution >= 4 is 44.1 Å². The van der Waals surface area contributed by atoms with Crippen LogP contribution in [0.3, 0.4) is 0 Å². The van der Waals surface area contributed by atoms with E-state index in [4.69, 9.17) is 0 Å². The van der Waals surface area contributed by atoms with Crippen molar-refractivity contribution in [1.82, 2.24) is 4.57 Å². The standard InChI is InChI=1S/C23H25FN2OS2/c1-2-3-20(22-11-13-28-29-22)23(27)25-19-8-9-21-17(14-19)10-12-26(21)15-16-4-6-18(24)7-5-16/h4-10,12,14,20,22H,2-3,11,13,15H2,1H3,(H,25,27). The first-order valence-corrected chi connectivity index (χ1v) is 12.4. The van der Waals surface area contributed by atoms with E-state index in [1.165, 1.54) is 12.1 Å². The number of nitrogens with zero attached hydrogens (tertiary/aromatic N) is 1. The van der Waals surface area contributed by atoms with E-state index in [1.807, 2.05) is 58.1 Å². The molecule has 0 radical (unpaired) electrons. The number of hydrogen-bond acceptors (Lipinski definition) is 3. The number of rotatable bonds is 7. The average molecular weight is 429 g/mol. The monoisotopic (exact) mass is 428 g/mol. The zero-order valence-corrected chi connectivity index (χ0v) is 18.1. The molecule has 2 unspecified atom stereocenters. The molecule has 3 aromatic rings. The lowest BCUT2D eigenvalue weighted by molar-refractivity contribution is -0.120. The smallest absolute Gasteiger partial charge is 0.228 e. The van der Waals surface area contributed by atoms with Crippen LogP contribution in [0.1, 0.15) is 31.7 Å². The molecule has 0 aliphatic carbocycles. The molecule has 29 heavy (non-hydrogen) atoms. The highest BCUT2D eigenvalue weighted by molar-refractivity contribution is 8.77. The largest absolute Gasteiger partial charge is 0.343 e. The van der Waals surface area contributed by atoms with Gasteiger partial charge in [-0.1, -0.05) is 47.1 Å². The van der Waals surface area contributed by atoms with Crippen LogP contribution in [0.4, 0.5) is 10.1 Å². The molecule has 0 bridgehead atoms. The van der Waals surface area contributed by atoms with E-state index in [1.54, 1.807) is 0 Å². The number of amides is 1. The highest BCUT2D eigenvalue weighted by Gasteiger charge is 2.31. The van der Waals surface area contributed by atoms with Crippen LogP contribution in [-0.4, -0.2) is 21.5 Å². The topological polar surface area (TPSA) is 34.0 Å². The van der Waals surface area contributed by atoms with Gasteiger partial charge < -0.3 is 9.88 Å². The Morgan fingerprint density at radius 2 is 2.07 bits per heavy atom. The molecule has 2 heterocycles. The van der Waals surface area contributed by atoms with Crippen LogP contribution in [0.15, 0.2) is 54.7 Å². The van der Waals surface area contributed by atoms with E-state index in [9.17, 15) is 9.18 Å². The molecule has 2 atom stereocenters. The number of hydrogen-bond donors (Lipinski definition) is 1. The number of nitrogens with one attached hydrogen (secondary N) is 1. The predicted octanol–water partition coefficient (Wildman–Crippen LogP) is 6.34. The van der Waals surface area contributed by atoms with Crippen molar-refractivity contribution in [2.45, 2.75) is 38.0 Å². The van der Waals surface area contributed by atoms with E-state index in [2.05, 4.69) is 22.9 Å². The minimum absolute atomic E-state index is 0.0683. The molecule has 0 saturated carbocycles. The van der Waals surface area contributed by atoms with E-state index >= 15 is 0 Å². The summed E-state index contributed by atoms with van der Waals surface area (Å²) in [4.78, 5) is 12.9. The van der Waals surface area contributed by atoms with Crippen LogP contribution in [0.5, 0.6) is 0 Å². The molecule has 152 valence electrons. The van der Waals surface area contributed by atoms with Gasteiger partial charge in [-0.3, -0.25) is 4.79 Å². The van der Waals surface area contributed by atoms with Gasteiger partial charge in [0.05, 0.1) is 5.92 Å². The summed E-state index contributed by atoms with van der Waals surface area (Å²) in [5.41, 5.74) is 2.99. The minimum Gasteiger partial charge on any atom is -0.343 e. The Labute approximate surface area is 178 Å². The molecule has 1 N–H and O–H groups in total. The van der Waals surface area contributed by atoms with Crippen molar-refractivity contribution in [2.75, 3.05) is 11.1 Å². The minimum atomic E-state index is -0.220. The summed E-state index contributed by atoms with van der Waals surface area (Å²) in [6, 6.07) is 14.7. The third-order valence-corrected chi connectivity index (χ3v) is 8.37. The van der Waals surface area contributed by atoms with E-state index in [0.29, 0.717) is 11.8 Å². The fraction of sp³-hybridized carbons (Fsp3) is 0.348. The van der Waals surface area contributed by atoms with E-state index in [-0.39, 0.29) is 17.6 Å². The summed E-state index contributed by atoms with van der Waals surface area (Å²) in [5.74, 6) is 1.12. The Morgan fingerprint density at radius 3 is 2.79 bits per heavy atom. The van der Waals surface area contributed by atoms with Gasteiger partial charge in [0, 0.05) is 40.3 Å². The van der Waals surface area contributed by atoms with Gasteiger partial charge in [0.25, 0.3) is 0 Å². The van der Waals surface area contributed by atoms with Gasteiger partial charge in [-0.2, -0.15) is 0 Å². The van der Waals surface area contributed by atoms with Gasteiger partial charge in [0.2, 0.25) is 5.91 Å². The number of benzene rings is 2. The first kappa shape index (κ1) is 20.4. The zero-order valence-electron chi connectivity index (χ0n) is 16.4. The van der Waals surface area contributed by atoms with Crippen LogP contribution in [0, 0.1) is 11.7 Å². The fourth-order valence-electron chi connectivity index (χ4n) is 3.85. The summed E-state index contributed by atoms with van der Waals surface area (Å²) in [6.45, 7) is 2.83. The number of fused-ring (bicyclic) bond motifs is 1. The SMILES string of the molecule is CCCC(C(=O)Nc1ccc2c(ccn2Cc2ccc(F)cc2)c1)C1CCSS1. The number of anilines is 1. The van der Waals surface area contributed by atoms with Crippen LogP contribution in [0.25, 0.3) is 10.9 Å². The molecule has 0 spiro atoms. The highest BCUT2D eigenvalue weighted by Crippen LogP contribution is 2.43. The van der Waals surface area contributed by atoms with Gasteiger partial charge in [-0.05, 0) is 54.8 Å². The zero-order chi connectivity index (χ0) is 20.2. The van der Waals surface area contributed by atoms with Crippen molar-refractivity contribution in [3.63, 3.8) is 0 Å². The van der Waals surface area contributed by atoms with Crippen LogP contribution < -0.4 is 5.32 Å². The second-order valence-electron chi connectivity index (χ2n) is 7.47. The highest BCUT2D eigenvalue weighted by atomic mass is 33.1. The van der Waals surface area contributed by atoms with E-state index < -0.39 is 0 Å². The maximum Gasteiger partial charge on any atom is 0.228 e. The lowest BCUT2D eigenvalue weighted by Gasteiger charge is -2.21. The number of carbonyl (C=O) groups excluding carboxylic acids is 1. The molecule has 1 aliphatic heterocycles. The number of halogens is 1. The van der Waals surface area contributed by atoms with Crippen LogP contribution in [0.2, 0.25) is 0 Å². The molecule has 1 aliphatic rings. The van der Waals surface area contributed by atoms with Crippen LogP contribution >= 0.6 is 21.6 Å². The molecule has 6 heteroatoms. The quantitative estimate of drug-likeness (QED) is 0.446. The van der Waals surface area contributed by atoms with Gasteiger partial charge in [0.1, 0.15) is 5.82 Å². The molecule has 1 amide bonds. The Balaban J connectivity index is 1.48. The second-order valence-corrected chi connectivity index (χ2v) is 10.2. The Hall–Kier alpha value is -1.92. The molecule has 1 fully saturated rings. The predicted molar refractivity (Wildman–Crippen MR) is 123 cm³/mol. The first-order valence-electron chi connectivity index (χ1n) is 10.1. The van der Waals surface area contributed by atoms with Gasteiger partial charge >= 0.3 is 0 Å². The lowest BCUT2D eigenvalue weighted by Crippen LogP contribution is -2.30. The Morgan fingerprint density at radius 1 is 1.24 bits per heavy atom. The van der Waals surface area contributed by atoms with Gasteiger partial charge in [-0.15, -0.1) is 0 Å². The third-order valence-electron chi connectivity index (χ3n) is 5.37. The first-order chi connectivity index (χ1) is 14.1. The van der Waals surface area contributed by atoms with Crippen molar-refractivity contribution in [2.24, 2.45) is 5.92 Å². The summed E-state index contributed by atoms with van der Waals surface area (Å²) in [6.07, 6.45) is 5.09. The van der Waals surface area contributed by atoms with Gasteiger partial charge in [0.15, 0.2) is 0 Å². The molecule has 4 rings (SSSR count). The van der Waals surface area contributed by atoms with Crippen molar-refractivity contribution in [3.05, 3.63) is 66.1 Å². The molecular formula is C23H25FN2OS2. The maximum absolute atomic E-state index is 13.1. The van der Waals surface area contributed by atoms with Crippen LogP contribution in [-0.2, 0) is 11.3 Å². The fourth-order valence-corrected chi connectivity index (χ4v) is 7.02. The molecule has 3 nitrogen and oxygen atoms in total. The molecular weight excluding hydrogens is 403 g/mol. The number of carbonyl (C=O) groups is 1. The molecule has 1 aromatic heterocycles. The normalized spacial score (nSPS) is 17.5. The Bertz CT molecular complexity index is 980. The molecule has 2 aromatic carbocycles. The van der Waals surface area contributed by atoms with Crippen molar-refractivity contribution in [3.8, 4) is 0 Å². The summed E-state index contributed by atoms with van der Waals surface area (Å²) < 4.78 is 15.3. The van der Waals surface area contributed by atoms with Crippen molar-refractivity contribution < 1.29 is 9.18 Å². The summed E-state index contributed by atoms with van der Waals surface area (Å²) in [5, 5.41) is 4.65. The summed E-state index contributed by atoms with van der Waals surface area (Å²) in [7, 11) is 3.75. The third kappa shape index (κ3) is 4.81. The van der Waals surface area contributed by atoms with Crippen molar-refractivity contribution in [1.29, 1.82) is 0 Å². The average Bonchev–Trinajstić information content (AvgIpc) is 3.38.